The molecule has 3 aromatic rings. The maximum Gasteiger partial charge on any atom is 0.418 e. The molecule has 0 radical (unpaired) electrons. The number of hydrogen-bond acceptors (Lipinski definition) is 3. The van der Waals surface area contributed by atoms with Crippen LogP contribution >= 0.6 is 34.8 Å². The Morgan fingerprint density at radius 3 is 2.09 bits per heavy atom. The van der Waals surface area contributed by atoms with Gasteiger partial charge in [0.2, 0.25) is 6.10 Å². The minimum Gasteiger partial charge on any atom is -0.444 e. The van der Waals surface area contributed by atoms with E-state index in [0.717, 1.165) is 6.07 Å². The van der Waals surface area contributed by atoms with Gasteiger partial charge in [-0.1, -0.05) is 71.2 Å². The Morgan fingerprint density at radius 1 is 0.875 bits per heavy atom. The standard InChI is InChI=1S/C22H13Cl3F3NO3/c23-13-9-10-17(14(11-13)22(26,27)28)29-20(30)19(12-5-2-1-3-6-12)32-21(31)18-15(24)7-4-8-16(18)25/h1-11,19H,(H,29,30)/t19-/m1/s1. The lowest BCUT2D eigenvalue weighted by molar-refractivity contribution is -0.137. The monoisotopic (exact) mass is 501 g/mol. The molecule has 1 N–H and O–H groups in total. The van der Waals surface area contributed by atoms with Crippen molar-refractivity contribution in [1.82, 2.24) is 0 Å². The van der Waals surface area contributed by atoms with Crippen molar-refractivity contribution in [2.75, 3.05) is 5.32 Å². The van der Waals surface area contributed by atoms with Crippen LogP contribution in [0.1, 0.15) is 27.6 Å². The Kier molecular flexibility index (Phi) is 7.33. The Balaban J connectivity index is 1.96. The molecule has 166 valence electrons. The summed E-state index contributed by atoms with van der Waals surface area (Å²) in [4.78, 5) is 25.7. The molecule has 1 amide bonds. The first-order valence-corrected chi connectivity index (χ1v) is 10.1. The van der Waals surface area contributed by atoms with E-state index in [0.29, 0.717) is 6.07 Å². The predicted molar refractivity (Wildman–Crippen MR) is 116 cm³/mol. The lowest BCUT2D eigenvalue weighted by atomic mass is 10.1. The van der Waals surface area contributed by atoms with E-state index < -0.39 is 35.4 Å². The van der Waals surface area contributed by atoms with Crippen LogP contribution in [0.15, 0.2) is 66.7 Å². The minimum atomic E-state index is -4.78. The van der Waals surface area contributed by atoms with Crippen LogP contribution in [0, 0.1) is 0 Å². The lowest BCUT2D eigenvalue weighted by Gasteiger charge is -2.20. The number of alkyl halides is 3. The van der Waals surface area contributed by atoms with Gasteiger partial charge >= 0.3 is 12.1 Å². The Labute approximate surface area is 195 Å². The molecule has 0 heterocycles. The van der Waals surface area contributed by atoms with Gasteiger partial charge in [0.1, 0.15) is 0 Å². The highest BCUT2D eigenvalue weighted by atomic mass is 35.5. The van der Waals surface area contributed by atoms with Crippen LogP contribution in [0.5, 0.6) is 0 Å². The van der Waals surface area contributed by atoms with Crippen LogP contribution in [0.2, 0.25) is 15.1 Å². The summed E-state index contributed by atoms with van der Waals surface area (Å²) in [5.41, 5.74) is -1.64. The van der Waals surface area contributed by atoms with Crippen LogP contribution in [0.25, 0.3) is 0 Å². The molecule has 3 aromatic carbocycles. The van der Waals surface area contributed by atoms with Crippen LogP contribution in [-0.4, -0.2) is 11.9 Å². The Morgan fingerprint density at radius 2 is 1.50 bits per heavy atom. The zero-order chi connectivity index (χ0) is 23.5. The first-order chi connectivity index (χ1) is 15.1. The molecule has 3 rings (SSSR count). The Bertz CT molecular complexity index is 1130. The molecule has 32 heavy (non-hydrogen) atoms. The number of carbonyl (C=O) groups excluding carboxylic acids is 2. The summed E-state index contributed by atoms with van der Waals surface area (Å²) in [5.74, 6) is -2.03. The van der Waals surface area contributed by atoms with Crippen LogP contribution < -0.4 is 5.32 Å². The van der Waals surface area contributed by atoms with Gasteiger partial charge in [-0.25, -0.2) is 4.79 Å². The smallest absolute Gasteiger partial charge is 0.418 e. The zero-order valence-electron chi connectivity index (χ0n) is 15.9. The Hall–Kier alpha value is -2.74. The molecular formula is C22H13Cl3F3NO3. The molecule has 0 unspecified atom stereocenters. The van der Waals surface area contributed by atoms with E-state index in [2.05, 4.69) is 5.32 Å². The molecule has 1 atom stereocenters. The summed E-state index contributed by atoms with van der Waals surface area (Å²) in [5, 5.41) is 2.00. The third kappa shape index (κ3) is 5.54. The molecule has 0 fully saturated rings. The molecule has 0 saturated carbocycles. The van der Waals surface area contributed by atoms with Gasteiger partial charge in [-0.3, -0.25) is 4.79 Å². The molecule has 0 aliphatic carbocycles. The summed E-state index contributed by atoms with van der Waals surface area (Å²) in [6.07, 6.45) is -6.37. The van der Waals surface area contributed by atoms with Gasteiger partial charge < -0.3 is 10.1 Å². The second kappa shape index (κ2) is 9.81. The van der Waals surface area contributed by atoms with E-state index in [-0.39, 0.29) is 26.2 Å². The number of carbonyl (C=O) groups is 2. The predicted octanol–water partition coefficient (Wildman–Crippen LogP) is 7.20. The summed E-state index contributed by atoms with van der Waals surface area (Å²) in [6, 6.07) is 15.0. The van der Waals surface area contributed by atoms with E-state index in [1.165, 1.54) is 36.4 Å². The number of ether oxygens (including phenoxy) is 1. The number of nitrogens with one attached hydrogen (secondary N) is 1. The van der Waals surface area contributed by atoms with Gasteiger partial charge in [-0.2, -0.15) is 13.2 Å². The number of halogens is 6. The third-order valence-corrected chi connectivity index (χ3v) is 5.14. The van der Waals surface area contributed by atoms with Gasteiger partial charge in [0.05, 0.1) is 26.9 Å². The number of amides is 1. The maximum atomic E-state index is 13.4. The normalized spacial score (nSPS) is 12.2. The fourth-order valence-electron chi connectivity index (χ4n) is 2.82. The fraction of sp³-hybridized carbons (Fsp3) is 0.0909. The lowest BCUT2D eigenvalue weighted by Crippen LogP contribution is -2.27. The molecule has 0 aliphatic rings. The molecule has 4 nitrogen and oxygen atoms in total. The van der Waals surface area contributed by atoms with Crippen molar-refractivity contribution in [2.24, 2.45) is 0 Å². The first-order valence-electron chi connectivity index (χ1n) is 8.95. The van der Waals surface area contributed by atoms with Crippen molar-refractivity contribution in [3.63, 3.8) is 0 Å². The molecule has 0 aromatic heterocycles. The highest BCUT2D eigenvalue weighted by Crippen LogP contribution is 2.37. The summed E-state index contributed by atoms with van der Waals surface area (Å²) >= 11 is 17.7. The highest BCUT2D eigenvalue weighted by Gasteiger charge is 2.35. The quantitative estimate of drug-likeness (QED) is 0.375. The topological polar surface area (TPSA) is 55.4 Å². The van der Waals surface area contributed by atoms with E-state index in [4.69, 9.17) is 39.5 Å². The van der Waals surface area contributed by atoms with Crippen molar-refractivity contribution in [3.05, 3.63) is 98.5 Å². The van der Waals surface area contributed by atoms with Gasteiger partial charge in [0.25, 0.3) is 5.91 Å². The van der Waals surface area contributed by atoms with Crippen LogP contribution in [0.3, 0.4) is 0 Å². The second-order valence-electron chi connectivity index (χ2n) is 6.47. The summed E-state index contributed by atoms with van der Waals surface area (Å²) in [7, 11) is 0. The van der Waals surface area contributed by atoms with Gasteiger partial charge in [0.15, 0.2) is 0 Å². The number of anilines is 1. The molecule has 0 aliphatic heterocycles. The average molecular weight is 503 g/mol. The van der Waals surface area contributed by atoms with Crippen molar-refractivity contribution >= 4 is 52.4 Å². The van der Waals surface area contributed by atoms with Gasteiger partial charge in [-0.15, -0.1) is 0 Å². The number of esters is 1. The molecule has 0 spiro atoms. The number of benzene rings is 3. The SMILES string of the molecule is O=C(O[C@@H](C(=O)Nc1ccc(Cl)cc1C(F)(F)F)c1ccccc1)c1c(Cl)cccc1Cl. The van der Waals surface area contributed by atoms with Gasteiger partial charge in [0, 0.05) is 10.6 Å². The van der Waals surface area contributed by atoms with Crippen molar-refractivity contribution in [3.8, 4) is 0 Å². The molecule has 0 bridgehead atoms. The van der Waals surface area contributed by atoms with Crippen LogP contribution in [-0.2, 0) is 15.7 Å². The fourth-order valence-corrected chi connectivity index (χ4v) is 3.54. The van der Waals surface area contributed by atoms with Crippen molar-refractivity contribution < 1.29 is 27.5 Å². The zero-order valence-corrected chi connectivity index (χ0v) is 18.2. The summed E-state index contributed by atoms with van der Waals surface area (Å²) in [6.45, 7) is 0. The molecular weight excluding hydrogens is 490 g/mol. The van der Waals surface area contributed by atoms with Gasteiger partial charge in [-0.05, 0) is 30.3 Å². The van der Waals surface area contributed by atoms with E-state index in [1.54, 1.807) is 18.2 Å². The largest absolute Gasteiger partial charge is 0.444 e. The maximum absolute atomic E-state index is 13.4. The minimum absolute atomic E-state index is 0.00761. The number of hydrogen-bond donors (Lipinski definition) is 1. The van der Waals surface area contributed by atoms with E-state index in [1.807, 2.05) is 0 Å². The second-order valence-corrected chi connectivity index (χ2v) is 7.72. The van der Waals surface area contributed by atoms with Crippen molar-refractivity contribution in [1.29, 1.82) is 0 Å². The summed E-state index contributed by atoms with van der Waals surface area (Å²) < 4.78 is 45.5. The van der Waals surface area contributed by atoms with E-state index >= 15 is 0 Å². The van der Waals surface area contributed by atoms with Crippen molar-refractivity contribution in [2.45, 2.75) is 12.3 Å². The van der Waals surface area contributed by atoms with E-state index in [9.17, 15) is 22.8 Å². The molecule has 0 saturated heterocycles. The first kappa shape index (κ1) is 23.9. The van der Waals surface area contributed by atoms with Crippen LogP contribution in [0.4, 0.5) is 18.9 Å². The number of rotatable bonds is 5. The molecule has 10 heteroatoms. The third-order valence-electron chi connectivity index (χ3n) is 4.28. The highest BCUT2D eigenvalue weighted by molar-refractivity contribution is 6.39. The average Bonchev–Trinajstić information content (AvgIpc) is 2.73.